The molecule has 3 heterocycles. The molecule has 1 aliphatic heterocycles. The number of carbonyl (C=O) groups excluding carboxylic acids is 3. The number of amides is 3. The first kappa shape index (κ1) is 29.4. The Bertz CT molecular complexity index is 1580. The number of rotatable bonds is 4. The van der Waals surface area contributed by atoms with Gasteiger partial charge in [0.1, 0.15) is 25.0 Å². The maximum absolute atomic E-state index is 13.6. The van der Waals surface area contributed by atoms with E-state index in [0.717, 1.165) is 11.1 Å². The highest BCUT2D eigenvalue weighted by atomic mass is 16.5. The number of benzene rings is 2. The van der Waals surface area contributed by atoms with Crippen molar-refractivity contribution in [3.63, 3.8) is 0 Å². The molecular weight excluding hydrogens is 552 g/mol. The Kier molecular flexibility index (Phi) is 9.04. The van der Waals surface area contributed by atoms with Gasteiger partial charge in [0.25, 0.3) is 5.91 Å². The second-order valence-corrected chi connectivity index (χ2v) is 10.4. The van der Waals surface area contributed by atoms with Crippen LogP contribution in [0.1, 0.15) is 24.3 Å². The second-order valence-electron chi connectivity index (χ2n) is 10.4. The van der Waals surface area contributed by atoms with Crippen LogP contribution in [0.25, 0.3) is 22.7 Å². The molecular formula is C31H34N6O6. The quantitative estimate of drug-likeness (QED) is 0.372. The fraction of sp³-hybridized carbons (Fsp3) is 0.323. The van der Waals surface area contributed by atoms with E-state index in [1.807, 2.05) is 67.1 Å². The fourth-order valence-corrected chi connectivity index (χ4v) is 4.81. The van der Waals surface area contributed by atoms with Crippen molar-refractivity contribution in [2.75, 3.05) is 33.4 Å². The third-order valence-electron chi connectivity index (χ3n) is 7.08. The van der Waals surface area contributed by atoms with Crippen LogP contribution in [0.2, 0.25) is 0 Å². The van der Waals surface area contributed by atoms with E-state index in [0.29, 0.717) is 36.2 Å². The Morgan fingerprint density at radius 1 is 1.07 bits per heavy atom. The van der Waals surface area contributed by atoms with Crippen LogP contribution in [0.3, 0.4) is 0 Å². The molecule has 0 unspecified atom stereocenters. The van der Waals surface area contributed by atoms with E-state index < -0.39 is 17.9 Å². The number of methoxy groups -OCH3 is 1. The van der Waals surface area contributed by atoms with E-state index in [1.165, 1.54) is 11.0 Å². The number of nitrogens with zero attached hydrogens (tertiary/aromatic N) is 4. The molecule has 12 nitrogen and oxygen atoms in total. The Balaban J connectivity index is 1.44. The monoisotopic (exact) mass is 586 g/mol. The zero-order valence-electron chi connectivity index (χ0n) is 24.3. The van der Waals surface area contributed by atoms with Gasteiger partial charge in [-0.05, 0) is 24.1 Å². The van der Waals surface area contributed by atoms with Gasteiger partial charge in [0.05, 0.1) is 13.7 Å². The summed E-state index contributed by atoms with van der Waals surface area (Å²) in [5.74, 6) is 0.559. The summed E-state index contributed by atoms with van der Waals surface area (Å²) in [6, 6.07) is 15.5. The predicted octanol–water partition coefficient (Wildman–Crippen LogP) is 3.01. The number of hydrogen-bond acceptors (Lipinski definition) is 8. The van der Waals surface area contributed by atoms with E-state index in [4.69, 9.17) is 14.0 Å². The minimum Gasteiger partial charge on any atom is -0.493 e. The normalized spacial score (nSPS) is 16.5. The Morgan fingerprint density at radius 3 is 2.65 bits per heavy atom. The molecule has 2 aromatic carbocycles. The first-order chi connectivity index (χ1) is 20.8. The van der Waals surface area contributed by atoms with Gasteiger partial charge in [-0.1, -0.05) is 49.3 Å². The lowest BCUT2D eigenvalue weighted by Gasteiger charge is -2.25. The van der Waals surface area contributed by atoms with Gasteiger partial charge in [-0.25, -0.2) is 4.98 Å². The van der Waals surface area contributed by atoms with Crippen molar-refractivity contribution in [2.45, 2.75) is 26.4 Å². The summed E-state index contributed by atoms with van der Waals surface area (Å²) in [5.41, 5.74) is 1.59. The number of nitrogens with one attached hydrogen (secondary N) is 2. The van der Waals surface area contributed by atoms with Crippen LogP contribution in [-0.2, 0) is 16.1 Å². The number of ether oxygens (including phenoxy) is 2. The largest absolute Gasteiger partial charge is 0.493 e. The van der Waals surface area contributed by atoms with Gasteiger partial charge in [-0.2, -0.15) is 0 Å². The molecule has 224 valence electrons. The Hall–Kier alpha value is -5.13. The minimum absolute atomic E-state index is 0.0420. The molecule has 3 amide bonds. The number of fused-ring (bicyclic) bond motifs is 4. The average molecular weight is 587 g/mol. The smallest absolute Gasteiger partial charge is 0.276 e. The Labute approximate surface area is 249 Å². The first-order valence-corrected chi connectivity index (χ1v) is 14.0. The number of imidazole rings is 1. The molecule has 0 radical (unpaired) electrons. The summed E-state index contributed by atoms with van der Waals surface area (Å²) in [4.78, 5) is 45.8. The lowest BCUT2D eigenvalue weighted by atomic mass is 10.0. The van der Waals surface area contributed by atoms with E-state index in [9.17, 15) is 14.4 Å². The summed E-state index contributed by atoms with van der Waals surface area (Å²) in [6.07, 6.45) is 3.52. The molecule has 5 rings (SSSR count). The van der Waals surface area contributed by atoms with Gasteiger partial charge in [0, 0.05) is 42.7 Å². The van der Waals surface area contributed by atoms with Crippen LogP contribution in [0.5, 0.6) is 11.5 Å². The molecule has 2 N–H and O–H groups in total. The molecule has 1 atom stereocenters. The van der Waals surface area contributed by atoms with E-state index in [2.05, 4.69) is 20.8 Å². The molecule has 4 aromatic rings. The fourth-order valence-electron chi connectivity index (χ4n) is 4.81. The van der Waals surface area contributed by atoms with Crippen molar-refractivity contribution in [3.05, 3.63) is 72.7 Å². The first-order valence-electron chi connectivity index (χ1n) is 14.0. The highest BCUT2D eigenvalue weighted by Crippen LogP contribution is 2.32. The molecule has 12 heteroatoms. The Morgan fingerprint density at radius 2 is 1.88 bits per heavy atom. The summed E-state index contributed by atoms with van der Waals surface area (Å²) < 4.78 is 18.9. The SMILES string of the molecule is COc1ccc2cc1OCCN(C(=O)c1cc(-c3ccccc3)on1)CC(=O)N[C@H](C(C)C)C(=O)NCCn1ccnc1-2. The third-order valence-corrected chi connectivity index (χ3v) is 7.08. The summed E-state index contributed by atoms with van der Waals surface area (Å²) >= 11 is 0. The van der Waals surface area contributed by atoms with E-state index >= 15 is 0 Å². The molecule has 43 heavy (non-hydrogen) atoms. The maximum Gasteiger partial charge on any atom is 0.276 e. The van der Waals surface area contributed by atoms with Crippen LogP contribution in [0, 0.1) is 5.92 Å². The van der Waals surface area contributed by atoms with Gasteiger partial charge in [0.15, 0.2) is 23.0 Å². The van der Waals surface area contributed by atoms with Gasteiger partial charge >= 0.3 is 0 Å². The molecule has 0 aliphatic carbocycles. The van der Waals surface area contributed by atoms with Crippen LogP contribution >= 0.6 is 0 Å². The molecule has 0 saturated heterocycles. The molecule has 0 saturated carbocycles. The lowest BCUT2D eigenvalue weighted by Crippen LogP contribution is -2.53. The predicted molar refractivity (Wildman–Crippen MR) is 157 cm³/mol. The van der Waals surface area contributed by atoms with Crippen LogP contribution < -0.4 is 20.1 Å². The zero-order chi connectivity index (χ0) is 30.3. The van der Waals surface area contributed by atoms with Gasteiger partial charge in [-0.3, -0.25) is 14.4 Å². The summed E-state index contributed by atoms with van der Waals surface area (Å²) in [7, 11) is 1.54. The van der Waals surface area contributed by atoms with E-state index in [-0.39, 0.29) is 37.2 Å². The molecule has 0 fully saturated rings. The van der Waals surface area contributed by atoms with Crippen molar-refractivity contribution >= 4 is 17.7 Å². The van der Waals surface area contributed by atoms with Gasteiger partial charge in [0.2, 0.25) is 11.8 Å². The molecule has 2 bridgehead atoms. The molecule has 2 aromatic heterocycles. The second kappa shape index (κ2) is 13.2. The van der Waals surface area contributed by atoms with Crippen molar-refractivity contribution < 1.29 is 28.4 Å². The van der Waals surface area contributed by atoms with Crippen molar-refractivity contribution in [1.29, 1.82) is 0 Å². The summed E-state index contributed by atoms with van der Waals surface area (Å²) in [6.45, 7) is 4.25. The molecule has 1 aliphatic rings. The van der Waals surface area contributed by atoms with Crippen molar-refractivity contribution in [2.24, 2.45) is 5.92 Å². The standard InChI is InChI=1S/C31H34N6O6/c1-20(2)28-30(39)33-12-14-36-13-11-32-29(36)22-9-10-24(41-3)26(17-22)42-16-15-37(19-27(38)34-28)31(40)23-18-25(43-35-23)21-7-5-4-6-8-21/h4-11,13,17-18,20,28H,12,14-16,19H2,1-3H3,(H,33,39)(H,34,38)/t28-/m1/s1. The highest BCUT2D eigenvalue weighted by Gasteiger charge is 2.28. The van der Waals surface area contributed by atoms with Gasteiger partial charge in [-0.15, -0.1) is 0 Å². The van der Waals surface area contributed by atoms with Gasteiger partial charge < -0.3 is 34.1 Å². The van der Waals surface area contributed by atoms with Crippen molar-refractivity contribution in [3.8, 4) is 34.2 Å². The third kappa shape index (κ3) is 6.85. The number of carbonyl (C=O) groups is 3. The van der Waals surface area contributed by atoms with E-state index in [1.54, 1.807) is 19.4 Å². The van der Waals surface area contributed by atoms with Crippen molar-refractivity contribution in [1.82, 2.24) is 30.2 Å². The molecule has 0 spiro atoms. The minimum atomic E-state index is -0.797. The lowest BCUT2D eigenvalue weighted by molar-refractivity contribution is -0.130. The maximum atomic E-state index is 13.6. The van der Waals surface area contributed by atoms with Crippen LogP contribution in [0.15, 0.2) is 71.5 Å². The summed E-state index contributed by atoms with van der Waals surface area (Å²) in [5, 5.41) is 9.68. The zero-order valence-corrected chi connectivity index (χ0v) is 24.3. The number of aromatic nitrogens is 3. The number of hydrogen-bond donors (Lipinski definition) is 2. The highest BCUT2D eigenvalue weighted by molar-refractivity contribution is 5.96. The van der Waals surface area contributed by atoms with Crippen LogP contribution in [-0.4, -0.2) is 76.7 Å². The van der Waals surface area contributed by atoms with Crippen LogP contribution in [0.4, 0.5) is 0 Å². The average Bonchev–Trinajstić information content (AvgIpc) is 3.69. The topological polar surface area (TPSA) is 141 Å².